The topological polar surface area (TPSA) is 34.2 Å². The van der Waals surface area contributed by atoms with E-state index in [0.29, 0.717) is 0 Å². The molecule has 1 atom stereocenters. The highest BCUT2D eigenvalue weighted by Crippen LogP contribution is 2.42. The van der Waals surface area contributed by atoms with E-state index in [9.17, 15) is 0 Å². The van der Waals surface area contributed by atoms with E-state index in [0.717, 1.165) is 70.1 Å². The molecule has 1 fully saturated rings. The second-order valence-electron chi connectivity index (χ2n) is 8.91. The van der Waals surface area contributed by atoms with E-state index < -0.39 is 0 Å². The molecule has 2 aliphatic rings. The minimum atomic E-state index is -0.268. The van der Waals surface area contributed by atoms with Crippen molar-refractivity contribution in [2.45, 2.75) is 38.7 Å². The number of rotatable bonds is 7. The fraction of sp³-hybridized carbons (Fsp3) is 0.538. The van der Waals surface area contributed by atoms with E-state index in [1.165, 1.54) is 22.4 Å². The quantitative estimate of drug-likeness (QED) is 0.658. The van der Waals surface area contributed by atoms with Crippen LogP contribution in [0, 0.1) is 6.92 Å². The van der Waals surface area contributed by atoms with Gasteiger partial charge in [-0.3, -0.25) is 4.90 Å². The van der Waals surface area contributed by atoms with Crippen molar-refractivity contribution in [3.05, 3.63) is 53.1 Å². The summed E-state index contributed by atoms with van der Waals surface area (Å²) in [6.45, 7) is 10.7. The molecule has 31 heavy (non-hydrogen) atoms. The van der Waals surface area contributed by atoms with E-state index in [1.54, 1.807) is 14.2 Å². The lowest BCUT2D eigenvalue weighted by atomic mass is 9.84. The lowest BCUT2D eigenvalue weighted by Crippen LogP contribution is -2.47. The van der Waals surface area contributed by atoms with Crippen molar-refractivity contribution in [3.8, 4) is 11.5 Å². The summed E-state index contributed by atoms with van der Waals surface area (Å²) in [6, 6.07) is 12.9. The summed E-state index contributed by atoms with van der Waals surface area (Å²) in [5.74, 6) is 1.59. The number of nitrogens with zero attached hydrogens (tertiary/aromatic N) is 2. The number of anilines is 1. The molecule has 2 aromatic rings. The van der Waals surface area contributed by atoms with Crippen molar-refractivity contribution < 1.29 is 14.2 Å². The van der Waals surface area contributed by atoms with Crippen LogP contribution in [0.1, 0.15) is 36.5 Å². The number of hydrogen-bond acceptors (Lipinski definition) is 5. The molecule has 1 unspecified atom stereocenters. The standard InChI is InChI=1S/C26H36N2O3/c1-20-8-5-6-9-23(20)28-15-13-27(14-16-28)12-7-11-26(2)22-19-25(30-4)24(29-3)18-21(22)10-17-31-26/h5-6,8-9,18-19H,7,10-17H2,1-4H3. The number of methoxy groups -OCH3 is 2. The zero-order valence-electron chi connectivity index (χ0n) is 19.4. The summed E-state index contributed by atoms with van der Waals surface area (Å²) in [5, 5.41) is 0. The molecular weight excluding hydrogens is 388 g/mol. The summed E-state index contributed by atoms with van der Waals surface area (Å²) in [6.07, 6.45) is 3.05. The Balaban J connectivity index is 1.34. The molecule has 0 saturated carbocycles. The maximum atomic E-state index is 6.32. The van der Waals surface area contributed by atoms with Gasteiger partial charge in [-0.05, 0) is 74.5 Å². The van der Waals surface area contributed by atoms with Gasteiger partial charge in [0.1, 0.15) is 0 Å². The Labute approximate surface area is 186 Å². The normalized spacial score (nSPS) is 21.6. The largest absolute Gasteiger partial charge is 0.493 e. The van der Waals surface area contributed by atoms with Crippen molar-refractivity contribution in [2.75, 3.05) is 58.5 Å². The van der Waals surface area contributed by atoms with Crippen LogP contribution in [0.2, 0.25) is 0 Å². The van der Waals surface area contributed by atoms with E-state index in [1.807, 2.05) is 0 Å². The molecule has 2 aliphatic heterocycles. The van der Waals surface area contributed by atoms with Crippen LogP contribution >= 0.6 is 0 Å². The second kappa shape index (κ2) is 9.49. The number of piperazine rings is 1. The molecule has 0 aliphatic carbocycles. The SMILES string of the molecule is COc1cc2c(cc1OC)C(C)(CCCN1CCN(c3ccccc3C)CC1)OCC2. The molecule has 5 heteroatoms. The fourth-order valence-electron chi connectivity index (χ4n) is 5.06. The lowest BCUT2D eigenvalue weighted by molar-refractivity contribution is -0.0548. The molecule has 1 saturated heterocycles. The molecule has 5 nitrogen and oxygen atoms in total. The Kier molecular flexibility index (Phi) is 6.73. The molecule has 0 aromatic heterocycles. The van der Waals surface area contributed by atoms with E-state index in [4.69, 9.17) is 14.2 Å². The van der Waals surface area contributed by atoms with Gasteiger partial charge in [0.15, 0.2) is 11.5 Å². The summed E-state index contributed by atoms with van der Waals surface area (Å²) in [4.78, 5) is 5.11. The average molecular weight is 425 g/mol. The molecular formula is C26H36N2O3. The van der Waals surface area contributed by atoms with Crippen LogP contribution in [0.5, 0.6) is 11.5 Å². The third kappa shape index (κ3) is 4.68. The van der Waals surface area contributed by atoms with Gasteiger partial charge in [0, 0.05) is 31.9 Å². The zero-order valence-corrected chi connectivity index (χ0v) is 19.4. The van der Waals surface area contributed by atoms with Crippen molar-refractivity contribution >= 4 is 5.69 Å². The molecule has 4 rings (SSSR count). The van der Waals surface area contributed by atoms with Crippen LogP contribution < -0.4 is 14.4 Å². The van der Waals surface area contributed by atoms with Gasteiger partial charge < -0.3 is 19.1 Å². The predicted molar refractivity (Wildman–Crippen MR) is 126 cm³/mol. The van der Waals surface area contributed by atoms with Crippen LogP contribution in [0.25, 0.3) is 0 Å². The van der Waals surface area contributed by atoms with Crippen molar-refractivity contribution in [3.63, 3.8) is 0 Å². The van der Waals surface area contributed by atoms with Gasteiger partial charge in [0.25, 0.3) is 0 Å². The van der Waals surface area contributed by atoms with Crippen LogP contribution in [0.15, 0.2) is 36.4 Å². The Morgan fingerprint density at radius 1 is 1.00 bits per heavy atom. The maximum absolute atomic E-state index is 6.32. The number of para-hydroxylation sites is 1. The minimum absolute atomic E-state index is 0.268. The first kappa shape index (κ1) is 22.0. The lowest BCUT2D eigenvalue weighted by Gasteiger charge is -2.39. The van der Waals surface area contributed by atoms with Gasteiger partial charge in [-0.15, -0.1) is 0 Å². The van der Waals surface area contributed by atoms with Crippen molar-refractivity contribution in [1.82, 2.24) is 4.90 Å². The third-order valence-corrected chi connectivity index (χ3v) is 6.93. The van der Waals surface area contributed by atoms with Gasteiger partial charge >= 0.3 is 0 Å². The molecule has 0 bridgehead atoms. The monoisotopic (exact) mass is 424 g/mol. The first-order valence-electron chi connectivity index (χ1n) is 11.5. The number of ether oxygens (including phenoxy) is 3. The Bertz CT molecular complexity index is 892. The van der Waals surface area contributed by atoms with E-state index in [-0.39, 0.29) is 5.60 Å². The molecule has 0 N–H and O–H groups in total. The summed E-state index contributed by atoms with van der Waals surface area (Å²) in [7, 11) is 3.39. The number of hydrogen-bond donors (Lipinski definition) is 0. The Morgan fingerprint density at radius 3 is 2.42 bits per heavy atom. The number of benzene rings is 2. The van der Waals surface area contributed by atoms with Gasteiger partial charge in [0.05, 0.1) is 26.4 Å². The van der Waals surface area contributed by atoms with Crippen LogP contribution in [0.4, 0.5) is 5.69 Å². The summed E-state index contributed by atoms with van der Waals surface area (Å²) in [5.41, 5.74) is 5.05. The molecule has 0 amide bonds. The van der Waals surface area contributed by atoms with E-state index >= 15 is 0 Å². The first-order chi connectivity index (χ1) is 15.0. The number of aryl methyl sites for hydroxylation is 1. The second-order valence-corrected chi connectivity index (χ2v) is 8.91. The van der Waals surface area contributed by atoms with Crippen molar-refractivity contribution in [1.29, 1.82) is 0 Å². The van der Waals surface area contributed by atoms with Gasteiger partial charge in [-0.1, -0.05) is 18.2 Å². The van der Waals surface area contributed by atoms with Crippen LogP contribution in [-0.4, -0.2) is 58.5 Å². The molecule has 2 heterocycles. The fourth-order valence-corrected chi connectivity index (χ4v) is 5.06. The van der Waals surface area contributed by atoms with E-state index in [2.05, 4.69) is 60.0 Å². The predicted octanol–water partition coefficient (Wildman–Crippen LogP) is 4.40. The molecule has 168 valence electrons. The van der Waals surface area contributed by atoms with Gasteiger partial charge in [-0.2, -0.15) is 0 Å². The highest BCUT2D eigenvalue weighted by Gasteiger charge is 2.34. The summed E-state index contributed by atoms with van der Waals surface area (Å²) < 4.78 is 17.4. The smallest absolute Gasteiger partial charge is 0.161 e. The molecule has 0 radical (unpaired) electrons. The highest BCUT2D eigenvalue weighted by molar-refractivity contribution is 5.53. The summed E-state index contributed by atoms with van der Waals surface area (Å²) >= 11 is 0. The van der Waals surface area contributed by atoms with Crippen LogP contribution in [0.3, 0.4) is 0 Å². The molecule has 0 spiro atoms. The van der Waals surface area contributed by atoms with Gasteiger partial charge in [-0.25, -0.2) is 0 Å². The zero-order chi connectivity index (χ0) is 21.8. The average Bonchev–Trinajstić information content (AvgIpc) is 2.79. The van der Waals surface area contributed by atoms with Gasteiger partial charge in [0.2, 0.25) is 0 Å². The number of fused-ring (bicyclic) bond motifs is 1. The minimum Gasteiger partial charge on any atom is -0.493 e. The first-order valence-corrected chi connectivity index (χ1v) is 11.5. The highest BCUT2D eigenvalue weighted by atomic mass is 16.5. The Morgan fingerprint density at radius 2 is 1.71 bits per heavy atom. The maximum Gasteiger partial charge on any atom is 0.161 e. The van der Waals surface area contributed by atoms with Crippen molar-refractivity contribution in [2.24, 2.45) is 0 Å². The Hall–Kier alpha value is -2.24. The third-order valence-electron chi connectivity index (χ3n) is 6.93. The van der Waals surface area contributed by atoms with Crippen LogP contribution in [-0.2, 0) is 16.8 Å². The molecule has 2 aromatic carbocycles.